The number of esters is 1. The zero-order valence-corrected chi connectivity index (χ0v) is 13.4. The molecule has 3 heterocycles. The lowest BCUT2D eigenvalue weighted by Gasteiger charge is -2.47. The van der Waals surface area contributed by atoms with E-state index in [2.05, 4.69) is 17.3 Å². The molecule has 2 saturated heterocycles. The summed E-state index contributed by atoms with van der Waals surface area (Å²) in [4.78, 5) is 14.7. The number of carbonyl (C=O) groups is 1. The Morgan fingerprint density at radius 3 is 2.71 bits per heavy atom. The highest BCUT2D eigenvalue weighted by Crippen LogP contribution is 2.36. The summed E-state index contributed by atoms with van der Waals surface area (Å²) in [6.45, 7) is 0. The summed E-state index contributed by atoms with van der Waals surface area (Å²) in [5, 5.41) is 4.55. The molecule has 0 aliphatic carbocycles. The van der Waals surface area contributed by atoms with Gasteiger partial charge in [0.1, 0.15) is 4.88 Å². The summed E-state index contributed by atoms with van der Waals surface area (Å²) in [5.41, 5.74) is 6.40. The van der Waals surface area contributed by atoms with Crippen LogP contribution in [-0.4, -0.2) is 43.2 Å². The second-order valence-corrected chi connectivity index (χ2v) is 7.16. The molecule has 3 rings (SSSR count). The van der Waals surface area contributed by atoms with Crippen molar-refractivity contribution in [2.24, 2.45) is 0 Å². The Kier molecular flexibility index (Phi) is 4.08. The molecule has 2 bridgehead atoms. The summed E-state index contributed by atoms with van der Waals surface area (Å²) < 4.78 is 4.75. The number of fused-ring (bicyclic) bond motifs is 2. The average molecular weight is 309 g/mol. The number of piperidine rings is 2. The van der Waals surface area contributed by atoms with E-state index in [0.717, 1.165) is 5.00 Å². The maximum Gasteiger partial charge on any atom is 0.350 e. The van der Waals surface area contributed by atoms with Crippen LogP contribution in [0.3, 0.4) is 0 Å². The molecular weight excluding hydrogens is 286 g/mol. The van der Waals surface area contributed by atoms with Gasteiger partial charge in [0.15, 0.2) is 0 Å². The monoisotopic (exact) mass is 309 g/mol. The van der Waals surface area contributed by atoms with Crippen molar-refractivity contribution >= 4 is 28.0 Å². The third kappa shape index (κ3) is 2.87. The highest BCUT2D eigenvalue weighted by atomic mass is 32.1. The number of methoxy groups -OCH3 is 1. The van der Waals surface area contributed by atoms with Gasteiger partial charge in [-0.15, -0.1) is 11.3 Å². The first-order valence-corrected chi connectivity index (χ1v) is 8.36. The molecule has 116 valence electrons. The van der Waals surface area contributed by atoms with Crippen LogP contribution < -0.4 is 11.1 Å². The van der Waals surface area contributed by atoms with Gasteiger partial charge in [-0.3, -0.25) is 0 Å². The predicted octanol–water partition coefficient (Wildman–Crippen LogP) is 2.54. The number of hydrogen-bond acceptors (Lipinski definition) is 6. The van der Waals surface area contributed by atoms with Crippen LogP contribution in [0.4, 0.5) is 10.7 Å². The van der Waals surface area contributed by atoms with Gasteiger partial charge in [-0.1, -0.05) is 6.42 Å². The van der Waals surface area contributed by atoms with Crippen LogP contribution in [0.25, 0.3) is 0 Å². The van der Waals surface area contributed by atoms with Gasteiger partial charge in [0.25, 0.3) is 0 Å². The molecule has 1 aromatic rings. The number of nitrogens with zero attached hydrogens (tertiary/aromatic N) is 1. The van der Waals surface area contributed by atoms with E-state index in [9.17, 15) is 4.79 Å². The van der Waals surface area contributed by atoms with E-state index >= 15 is 0 Å². The van der Waals surface area contributed by atoms with E-state index in [0.29, 0.717) is 28.7 Å². The van der Waals surface area contributed by atoms with Gasteiger partial charge in [0, 0.05) is 18.1 Å². The third-order valence-electron chi connectivity index (χ3n) is 4.82. The molecule has 2 unspecified atom stereocenters. The number of nitrogens with two attached hydrogens (primary N) is 1. The van der Waals surface area contributed by atoms with E-state index in [4.69, 9.17) is 10.5 Å². The van der Waals surface area contributed by atoms with Crippen LogP contribution in [0, 0.1) is 0 Å². The molecule has 5 nitrogen and oxygen atoms in total. The van der Waals surface area contributed by atoms with Crippen LogP contribution in [0.5, 0.6) is 0 Å². The minimum Gasteiger partial charge on any atom is -0.465 e. The summed E-state index contributed by atoms with van der Waals surface area (Å²) in [5.74, 6) is -0.356. The second-order valence-electron chi connectivity index (χ2n) is 6.10. The number of rotatable bonds is 3. The van der Waals surface area contributed by atoms with Crippen LogP contribution in [-0.2, 0) is 4.74 Å². The Morgan fingerprint density at radius 1 is 1.43 bits per heavy atom. The fraction of sp³-hybridized carbons (Fsp3) is 0.667. The molecule has 2 atom stereocenters. The maximum absolute atomic E-state index is 11.6. The lowest BCUT2D eigenvalue weighted by atomic mass is 9.82. The molecule has 0 saturated carbocycles. The van der Waals surface area contributed by atoms with Crippen molar-refractivity contribution in [1.29, 1.82) is 0 Å². The zero-order chi connectivity index (χ0) is 15.0. The first-order valence-electron chi connectivity index (χ1n) is 7.54. The van der Waals surface area contributed by atoms with E-state index in [1.165, 1.54) is 50.6 Å². The minimum absolute atomic E-state index is 0.356. The largest absolute Gasteiger partial charge is 0.465 e. The molecule has 2 aliphatic heterocycles. The van der Waals surface area contributed by atoms with Crippen molar-refractivity contribution in [3.05, 3.63) is 10.9 Å². The Balaban J connectivity index is 1.68. The molecule has 21 heavy (non-hydrogen) atoms. The van der Waals surface area contributed by atoms with E-state index in [1.807, 2.05) is 6.07 Å². The normalized spacial score (nSPS) is 29.1. The van der Waals surface area contributed by atoms with Crippen LogP contribution in [0.1, 0.15) is 41.8 Å². The molecular formula is C15H23N3O2S. The molecule has 2 aliphatic rings. The molecule has 6 heteroatoms. The summed E-state index contributed by atoms with van der Waals surface area (Å²) in [6.07, 6.45) is 6.28. The van der Waals surface area contributed by atoms with Crippen molar-refractivity contribution in [2.75, 3.05) is 25.2 Å². The topological polar surface area (TPSA) is 67.6 Å². The molecule has 0 spiro atoms. The number of anilines is 2. The molecule has 1 aromatic heterocycles. The zero-order valence-electron chi connectivity index (χ0n) is 12.6. The maximum atomic E-state index is 11.6. The Morgan fingerprint density at radius 2 is 2.10 bits per heavy atom. The van der Waals surface area contributed by atoms with Gasteiger partial charge in [-0.2, -0.15) is 0 Å². The first kappa shape index (κ1) is 14.7. The first-order chi connectivity index (χ1) is 10.1. The van der Waals surface area contributed by atoms with Crippen LogP contribution in [0.2, 0.25) is 0 Å². The van der Waals surface area contributed by atoms with Crippen molar-refractivity contribution in [3.63, 3.8) is 0 Å². The van der Waals surface area contributed by atoms with Crippen molar-refractivity contribution < 1.29 is 9.53 Å². The average Bonchev–Trinajstić information content (AvgIpc) is 2.80. The molecule has 0 aromatic carbocycles. The van der Waals surface area contributed by atoms with Crippen LogP contribution in [0.15, 0.2) is 6.07 Å². The smallest absolute Gasteiger partial charge is 0.350 e. The molecule has 0 amide bonds. The number of thiophene rings is 1. The van der Waals surface area contributed by atoms with Gasteiger partial charge in [0.05, 0.1) is 17.8 Å². The van der Waals surface area contributed by atoms with Crippen molar-refractivity contribution in [2.45, 2.75) is 50.2 Å². The quantitative estimate of drug-likeness (QED) is 0.840. The minimum atomic E-state index is -0.356. The fourth-order valence-corrected chi connectivity index (χ4v) is 4.64. The summed E-state index contributed by atoms with van der Waals surface area (Å²) in [6, 6.07) is 3.70. The molecule has 0 radical (unpaired) electrons. The van der Waals surface area contributed by atoms with Crippen LogP contribution >= 0.6 is 11.3 Å². The van der Waals surface area contributed by atoms with Gasteiger partial charge in [-0.05, 0) is 38.8 Å². The Labute approximate surface area is 129 Å². The summed E-state index contributed by atoms with van der Waals surface area (Å²) in [7, 11) is 3.63. The predicted molar refractivity (Wildman–Crippen MR) is 85.9 cm³/mol. The SMILES string of the molecule is COC(=O)c1sc(NC2CC3CCCC(C2)N3C)cc1N. The number of hydrogen-bond donors (Lipinski definition) is 2. The lowest BCUT2D eigenvalue weighted by molar-refractivity contribution is 0.0605. The highest BCUT2D eigenvalue weighted by Gasteiger charge is 2.36. The number of carbonyl (C=O) groups excluding carboxylic acids is 1. The highest BCUT2D eigenvalue weighted by molar-refractivity contribution is 7.18. The van der Waals surface area contributed by atoms with E-state index in [1.54, 1.807) is 0 Å². The Bertz CT molecular complexity index is 517. The van der Waals surface area contributed by atoms with Gasteiger partial charge >= 0.3 is 5.97 Å². The van der Waals surface area contributed by atoms with Gasteiger partial charge < -0.3 is 20.7 Å². The van der Waals surface area contributed by atoms with Gasteiger partial charge in [0.2, 0.25) is 0 Å². The lowest BCUT2D eigenvalue weighted by Crippen LogP contribution is -2.52. The summed E-state index contributed by atoms with van der Waals surface area (Å²) >= 11 is 1.39. The molecule has 2 fully saturated rings. The third-order valence-corrected chi connectivity index (χ3v) is 5.88. The Hall–Kier alpha value is -1.27. The number of nitrogens with one attached hydrogen (secondary N) is 1. The van der Waals surface area contributed by atoms with Crippen molar-refractivity contribution in [1.82, 2.24) is 4.90 Å². The van der Waals surface area contributed by atoms with Gasteiger partial charge in [-0.25, -0.2) is 4.79 Å². The number of nitrogen functional groups attached to an aromatic ring is 1. The number of ether oxygens (including phenoxy) is 1. The second kappa shape index (κ2) is 5.85. The molecule has 3 N–H and O–H groups in total. The fourth-order valence-electron chi connectivity index (χ4n) is 3.66. The van der Waals surface area contributed by atoms with E-state index in [-0.39, 0.29) is 5.97 Å². The standard InChI is InChI=1S/C15H23N3O2S/c1-18-10-4-3-5-11(18)7-9(6-10)17-13-8-12(16)14(21-13)15(19)20-2/h8-11,17H,3-7,16H2,1-2H3. The van der Waals surface area contributed by atoms with E-state index < -0.39 is 0 Å². The van der Waals surface area contributed by atoms with Crippen molar-refractivity contribution in [3.8, 4) is 0 Å².